The van der Waals surface area contributed by atoms with Crippen LogP contribution >= 0.6 is 0 Å². The average Bonchev–Trinajstić information content (AvgIpc) is 2.70. The summed E-state index contributed by atoms with van der Waals surface area (Å²) < 4.78 is 4.72. The van der Waals surface area contributed by atoms with Crippen LogP contribution in [0.4, 0.5) is 0 Å². The number of methoxy groups -OCH3 is 1. The monoisotopic (exact) mass is 219 g/mol. The van der Waals surface area contributed by atoms with Gasteiger partial charge in [0.25, 0.3) is 0 Å². The molecule has 0 unspecified atom stereocenters. The highest BCUT2D eigenvalue weighted by atomic mass is 16.5. The number of H-pyrrole nitrogens is 1. The van der Waals surface area contributed by atoms with Gasteiger partial charge in [-0.25, -0.2) is 0 Å². The second-order valence-electron chi connectivity index (χ2n) is 3.43. The predicted octanol–water partition coefficient (Wildman–Crippen LogP) is 0.825. The summed E-state index contributed by atoms with van der Waals surface area (Å²) in [5, 5.41) is 10.8. The van der Waals surface area contributed by atoms with E-state index in [1.54, 1.807) is 0 Å². The molecule has 1 amide bonds. The smallest absolute Gasteiger partial charge is 0.246 e. The molecular formula is C11H13N3O2. The number of para-hydroxylation sites is 1. The third-order valence-electron chi connectivity index (χ3n) is 2.28. The van der Waals surface area contributed by atoms with Crippen LogP contribution in [0.15, 0.2) is 24.3 Å². The zero-order valence-corrected chi connectivity index (χ0v) is 8.99. The maximum absolute atomic E-state index is 11.2. The average molecular weight is 219 g/mol. The lowest BCUT2D eigenvalue weighted by Crippen LogP contribution is -2.26. The molecule has 0 aliphatic rings. The van der Waals surface area contributed by atoms with Crippen molar-refractivity contribution in [2.45, 2.75) is 6.54 Å². The van der Waals surface area contributed by atoms with Crippen molar-refractivity contribution in [3.05, 3.63) is 30.0 Å². The van der Waals surface area contributed by atoms with Gasteiger partial charge in [0.15, 0.2) is 0 Å². The van der Waals surface area contributed by atoms with Crippen molar-refractivity contribution in [2.24, 2.45) is 0 Å². The molecular weight excluding hydrogens is 206 g/mol. The lowest BCUT2D eigenvalue weighted by Gasteiger charge is -2.02. The van der Waals surface area contributed by atoms with Crippen molar-refractivity contribution >= 4 is 16.8 Å². The number of amides is 1. The number of nitrogens with zero attached hydrogens (tertiary/aromatic N) is 1. The minimum absolute atomic E-state index is 0.0755. The van der Waals surface area contributed by atoms with Gasteiger partial charge in [0.2, 0.25) is 5.91 Å². The standard InChI is InChI=1S/C11H13N3O2/c1-16-7-11(15)12-6-10-8-4-2-3-5-9(8)13-14-10/h2-5H,6-7H2,1H3,(H,12,15)(H,13,14). The van der Waals surface area contributed by atoms with Gasteiger partial charge in [-0.05, 0) is 6.07 Å². The number of carbonyl (C=O) groups is 1. The van der Waals surface area contributed by atoms with Gasteiger partial charge in [-0.3, -0.25) is 9.89 Å². The summed E-state index contributed by atoms with van der Waals surface area (Å²) in [4.78, 5) is 11.2. The number of benzene rings is 1. The van der Waals surface area contributed by atoms with Gasteiger partial charge in [0.1, 0.15) is 6.61 Å². The second-order valence-corrected chi connectivity index (χ2v) is 3.43. The molecule has 2 aromatic rings. The Morgan fingerprint density at radius 3 is 3.12 bits per heavy atom. The molecule has 84 valence electrons. The molecule has 0 aliphatic heterocycles. The molecule has 0 radical (unpaired) electrons. The number of fused-ring (bicyclic) bond motifs is 1. The minimum Gasteiger partial charge on any atom is -0.375 e. The first-order valence-electron chi connectivity index (χ1n) is 4.99. The van der Waals surface area contributed by atoms with Crippen LogP contribution in [0.5, 0.6) is 0 Å². The summed E-state index contributed by atoms with van der Waals surface area (Å²) in [6.45, 7) is 0.509. The Morgan fingerprint density at radius 1 is 1.50 bits per heavy atom. The molecule has 1 heterocycles. The molecule has 0 bridgehead atoms. The van der Waals surface area contributed by atoms with Gasteiger partial charge >= 0.3 is 0 Å². The molecule has 0 saturated heterocycles. The van der Waals surface area contributed by atoms with Crippen molar-refractivity contribution in [3.63, 3.8) is 0 Å². The third-order valence-corrected chi connectivity index (χ3v) is 2.28. The van der Waals surface area contributed by atoms with E-state index in [0.29, 0.717) is 6.54 Å². The van der Waals surface area contributed by atoms with E-state index in [2.05, 4.69) is 15.5 Å². The summed E-state index contributed by atoms with van der Waals surface area (Å²) in [6.07, 6.45) is 0. The van der Waals surface area contributed by atoms with Gasteiger partial charge in [0, 0.05) is 12.5 Å². The van der Waals surface area contributed by atoms with Crippen molar-refractivity contribution in [2.75, 3.05) is 13.7 Å². The van der Waals surface area contributed by atoms with E-state index in [4.69, 9.17) is 4.74 Å². The third kappa shape index (κ3) is 2.20. The molecule has 0 spiro atoms. The van der Waals surface area contributed by atoms with Crippen LogP contribution in [0.1, 0.15) is 5.69 Å². The molecule has 0 aliphatic carbocycles. The Labute approximate surface area is 92.8 Å². The molecule has 1 aromatic heterocycles. The first-order chi connectivity index (χ1) is 7.81. The lowest BCUT2D eigenvalue weighted by atomic mass is 10.2. The maximum atomic E-state index is 11.2. The number of ether oxygens (including phenoxy) is 1. The summed E-state index contributed by atoms with van der Waals surface area (Å²) >= 11 is 0. The number of aromatic amines is 1. The van der Waals surface area contributed by atoms with Crippen LogP contribution in [0.2, 0.25) is 0 Å². The quantitative estimate of drug-likeness (QED) is 0.800. The minimum atomic E-state index is -0.138. The molecule has 5 heteroatoms. The molecule has 0 fully saturated rings. The molecule has 2 rings (SSSR count). The van der Waals surface area contributed by atoms with Crippen LogP contribution in [0, 0.1) is 0 Å². The molecule has 5 nitrogen and oxygen atoms in total. The lowest BCUT2D eigenvalue weighted by molar-refractivity contribution is -0.124. The van der Waals surface area contributed by atoms with E-state index in [-0.39, 0.29) is 12.5 Å². The zero-order chi connectivity index (χ0) is 11.4. The summed E-state index contributed by atoms with van der Waals surface area (Å²) in [5.74, 6) is -0.138. The van der Waals surface area contributed by atoms with Crippen LogP contribution in [0.3, 0.4) is 0 Å². The second kappa shape index (κ2) is 4.76. The largest absolute Gasteiger partial charge is 0.375 e. The maximum Gasteiger partial charge on any atom is 0.246 e. The molecule has 0 atom stereocenters. The fourth-order valence-electron chi connectivity index (χ4n) is 1.52. The SMILES string of the molecule is COCC(=O)NCc1[nH]nc2ccccc12. The summed E-state index contributed by atoms with van der Waals surface area (Å²) in [5.41, 5.74) is 1.80. The van der Waals surface area contributed by atoms with E-state index >= 15 is 0 Å². The topological polar surface area (TPSA) is 67.0 Å². The van der Waals surface area contributed by atoms with E-state index in [1.165, 1.54) is 7.11 Å². The van der Waals surface area contributed by atoms with Crippen molar-refractivity contribution in [1.82, 2.24) is 15.5 Å². The number of aromatic nitrogens is 2. The predicted molar refractivity (Wildman–Crippen MR) is 59.8 cm³/mol. The molecule has 2 N–H and O–H groups in total. The Balaban J connectivity index is 2.07. The first-order valence-corrected chi connectivity index (χ1v) is 4.99. The summed E-state index contributed by atoms with van der Waals surface area (Å²) in [6, 6.07) is 7.76. The van der Waals surface area contributed by atoms with Crippen LogP contribution in [-0.2, 0) is 16.1 Å². The highest BCUT2D eigenvalue weighted by Gasteiger charge is 2.05. The van der Waals surface area contributed by atoms with Crippen LogP contribution in [0.25, 0.3) is 10.9 Å². The first kappa shape index (κ1) is 10.6. The van der Waals surface area contributed by atoms with Gasteiger partial charge < -0.3 is 10.1 Å². The Kier molecular flexibility index (Phi) is 3.16. The zero-order valence-electron chi connectivity index (χ0n) is 8.99. The van der Waals surface area contributed by atoms with Crippen molar-refractivity contribution in [3.8, 4) is 0 Å². The van der Waals surface area contributed by atoms with Gasteiger partial charge in [-0.2, -0.15) is 5.10 Å². The van der Waals surface area contributed by atoms with E-state index < -0.39 is 0 Å². The Bertz CT molecular complexity index is 493. The fourth-order valence-corrected chi connectivity index (χ4v) is 1.52. The number of carbonyl (C=O) groups excluding carboxylic acids is 1. The van der Waals surface area contributed by atoms with E-state index in [1.807, 2.05) is 24.3 Å². The van der Waals surface area contributed by atoms with E-state index in [0.717, 1.165) is 16.6 Å². The van der Waals surface area contributed by atoms with Crippen LogP contribution < -0.4 is 5.32 Å². The number of nitrogens with one attached hydrogen (secondary N) is 2. The van der Waals surface area contributed by atoms with Crippen molar-refractivity contribution in [1.29, 1.82) is 0 Å². The molecule has 16 heavy (non-hydrogen) atoms. The normalized spacial score (nSPS) is 10.6. The van der Waals surface area contributed by atoms with E-state index in [9.17, 15) is 4.79 Å². The van der Waals surface area contributed by atoms with Crippen LogP contribution in [-0.4, -0.2) is 29.8 Å². The number of hydrogen-bond acceptors (Lipinski definition) is 3. The Hall–Kier alpha value is -1.88. The fraction of sp³-hybridized carbons (Fsp3) is 0.273. The Morgan fingerprint density at radius 2 is 2.31 bits per heavy atom. The van der Waals surface area contributed by atoms with Crippen molar-refractivity contribution < 1.29 is 9.53 Å². The number of hydrogen-bond donors (Lipinski definition) is 2. The summed E-state index contributed by atoms with van der Waals surface area (Å²) in [7, 11) is 1.49. The number of rotatable bonds is 4. The molecule has 1 aromatic carbocycles. The molecule has 0 saturated carbocycles. The highest BCUT2D eigenvalue weighted by molar-refractivity contribution is 5.82. The highest BCUT2D eigenvalue weighted by Crippen LogP contribution is 2.14. The van der Waals surface area contributed by atoms with Gasteiger partial charge in [-0.1, -0.05) is 18.2 Å². The van der Waals surface area contributed by atoms with Gasteiger partial charge in [-0.15, -0.1) is 0 Å². The van der Waals surface area contributed by atoms with Gasteiger partial charge in [0.05, 0.1) is 17.8 Å².